The van der Waals surface area contributed by atoms with Crippen LogP contribution in [0.3, 0.4) is 0 Å². The van der Waals surface area contributed by atoms with E-state index in [4.69, 9.17) is 4.74 Å². The lowest BCUT2D eigenvalue weighted by atomic mass is 9.85. The number of ether oxygens (including phenoxy) is 1. The van der Waals surface area contributed by atoms with Crippen LogP contribution in [-0.2, 0) is 4.74 Å². The standard InChI is InChI=1S/C9H16N2O2/c12-9-11-10-6-8(13-9)7-4-2-1-3-5-7/h7-8,10H,1-6H2,(H,11,12). The Balaban J connectivity index is 1.87. The van der Waals surface area contributed by atoms with E-state index in [0.29, 0.717) is 5.92 Å². The predicted molar refractivity (Wildman–Crippen MR) is 48.0 cm³/mol. The van der Waals surface area contributed by atoms with Crippen LogP contribution in [0.4, 0.5) is 4.79 Å². The molecule has 0 aromatic heterocycles. The van der Waals surface area contributed by atoms with Crippen LogP contribution in [0.1, 0.15) is 32.1 Å². The molecule has 1 aliphatic heterocycles. The van der Waals surface area contributed by atoms with Crippen molar-refractivity contribution in [3.05, 3.63) is 0 Å². The minimum atomic E-state index is -0.332. The molecular weight excluding hydrogens is 168 g/mol. The molecule has 1 aliphatic carbocycles. The van der Waals surface area contributed by atoms with Crippen LogP contribution < -0.4 is 10.9 Å². The third-order valence-electron chi connectivity index (χ3n) is 2.93. The Morgan fingerprint density at radius 2 is 2.00 bits per heavy atom. The molecule has 1 amide bonds. The van der Waals surface area contributed by atoms with Crippen LogP contribution in [0.25, 0.3) is 0 Å². The fourth-order valence-corrected chi connectivity index (χ4v) is 2.20. The Morgan fingerprint density at radius 3 is 2.69 bits per heavy atom. The predicted octanol–water partition coefficient (Wildman–Crippen LogP) is 1.18. The van der Waals surface area contributed by atoms with E-state index in [-0.39, 0.29) is 12.2 Å². The Labute approximate surface area is 78.0 Å². The molecular formula is C9H16N2O2. The van der Waals surface area contributed by atoms with Crippen molar-refractivity contribution in [2.75, 3.05) is 6.54 Å². The molecule has 1 saturated carbocycles. The van der Waals surface area contributed by atoms with Gasteiger partial charge in [-0.1, -0.05) is 19.3 Å². The quantitative estimate of drug-likeness (QED) is 0.643. The zero-order valence-corrected chi connectivity index (χ0v) is 7.71. The summed E-state index contributed by atoms with van der Waals surface area (Å²) in [6.45, 7) is 0.746. The van der Waals surface area contributed by atoms with Gasteiger partial charge in [-0.15, -0.1) is 0 Å². The summed E-state index contributed by atoms with van der Waals surface area (Å²) in [5, 5.41) is 0. The largest absolute Gasteiger partial charge is 0.444 e. The second-order valence-electron chi connectivity index (χ2n) is 3.85. The molecule has 2 aliphatic rings. The van der Waals surface area contributed by atoms with Gasteiger partial charge in [-0.05, 0) is 18.8 Å². The van der Waals surface area contributed by atoms with Gasteiger partial charge in [0, 0.05) is 0 Å². The molecule has 0 spiro atoms. The highest BCUT2D eigenvalue weighted by atomic mass is 16.6. The van der Waals surface area contributed by atoms with E-state index in [1.807, 2.05) is 0 Å². The Kier molecular flexibility index (Phi) is 2.68. The molecule has 1 unspecified atom stereocenters. The lowest BCUT2D eigenvalue weighted by molar-refractivity contribution is 0.0237. The van der Waals surface area contributed by atoms with Crippen molar-refractivity contribution >= 4 is 6.09 Å². The minimum absolute atomic E-state index is 0.0917. The summed E-state index contributed by atoms with van der Waals surface area (Å²) in [6, 6.07) is 0. The van der Waals surface area contributed by atoms with E-state index in [1.165, 1.54) is 32.1 Å². The smallest absolute Gasteiger partial charge is 0.421 e. The first-order valence-corrected chi connectivity index (χ1v) is 5.06. The Bertz CT molecular complexity index is 190. The Hall–Kier alpha value is -0.770. The van der Waals surface area contributed by atoms with E-state index < -0.39 is 0 Å². The zero-order chi connectivity index (χ0) is 9.10. The van der Waals surface area contributed by atoms with Crippen molar-refractivity contribution in [2.24, 2.45) is 5.92 Å². The van der Waals surface area contributed by atoms with Gasteiger partial charge in [-0.25, -0.2) is 10.2 Å². The van der Waals surface area contributed by atoms with Gasteiger partial charge in [-0.2, -0.15) is 0 Å². The number of hydrazine groups is 1. The van der Waals surface area contributed by atoms with Crippen molar-refractivity contribution < 1.29 is 9.53 Å². The van der Waals surface area contributed by atoms with Gasteiger partial charge in [0.1, 0.15) is 6.10 Å². The topological polar surface area (TPSA) is 50.4 Å². The van der Waals surface area contributed by atoms with E-state index >= 15 is 0 Å². The van der Waals surface area contributed by atoms with E-state index in [0.717, 1.165) is 6.54 Å². The average molecular weight is 184 g/mol. The molecule has 1 atom stereocenters. The molecule has 0 aromatic carbocycles. The van der Waals surface area contributed by atoms with E-state index in [1.54, 1.807) is 0 Å². The number of amides is 1. The van der Waals surface area contributed by atoms with Crippen molar-refractivity contribution in [1.29, 1.82) is 0 Å². The van der Waals surface area contributed by atoms with Gasteiger partial charge in [0.25, 0.3) is 0 Å². The summed E-state index contributed by atoms with van der Waals surface area (Å²) in [7, 11) is 0. The third-order valence-corrected chi connectivity index (χ3v) is 2.93. The maximum absolute atomic E-state index is 10.9. The van der Waals surface area contributed by atoms with Crippen LogP contribution in [-0.4, -0.2) is 18.7 Å². The number of cyclic esters (lactones) is 1. The molecule has 4 nitrogen and oxygen atoms in total. The second-order valence-corrected chi connectivity index (χ2v) is 3.85. The zero-order valence-electron chi connectivity index (χ0n) is 7.71. The van der Waals surface area contributed by atoms with Gasteiger partial charge in [-0.3, -0.25) is 5.43 Å². The molecule has 2 fully saturated rings. The molecule has 2 rings (SSSR count). The average Bonchev–Trinajstić information content (AvgIpc) is 2.19. The van der Waals surface area contributed by atoms with Gasteiger partial charge in [0.05, 0.1) is 6.54 Å². The highest BCUT2D eigenvalue weighted by Crippen LogP contribution is 2.28. The third kappa shape index (κ3) is 2.12. The summed E-state index contributed by atoms with van der Waals surface area (Å²) in [5.41, 5.74) is 5.30. The van der Waals surface area contributed by atoms with Gasteiger partial charge in [0.15, 0.2) is 0 Å². The van der Waals surface area contributed by atoms with Crippen LogP contribution in [0.2, 0.25) is 0 Å². The maximum Gasteiger partial charge on any atom is 0.421 e. The van der Waals surface area contributed by atoms with Crippen LogP contribution in [0, 0.1) is 5.92 Å². The van der Waals surface area contributed by atoms with Gasteiger partial charge >= 0.3 is 6.09 Å². The molecule has 1 heterocycles. The maximum atomic E-state index is 10.9. The summed E-state index contributed by atoms with van der Waals surface area (Å²) >= 11 is 0. The second kappa shape index (κ2) is 3.96. The van der Waals surface area contributed by atoms with Crippen molar-refractivity contribution in [1.82, 2.24) is 10.9 Å². The molecule has 0 radical (unpaired) electrons. The fourth-order valence-electron chi connectivity index (χ4n) is 2.20. The van der Waals surface area contributed by atoms with Crippen LogP contribution in [0.15, 0.2) is 0 Å². The van der Waals surface area contributed by atoms with Crippen molar-refractivity contribution in [3.8, 4) is 0 Å². The first-order chi connectivity index (χ1) is 6.36. The molecule has 0 bridgehead atoms. The number of hydrogen-bond donors (Lipinski definition) is 2. The number of carbonyl (C=O) groups is 1. The molecule has 1 saturated heterocycles. The fraction of sp³-hybridized carbons (Fsp3) is 0.889. The first-order valence-electron chi connectivity index (χ1n) is 5.06. The minimum Gasteiger partial charge on any atom is -0.444 e. The van der Waals surface area contributed by atoms with Crippen molar-refractivity contribution in [3.63, 3.8) is 0 Å². The van der Waals surface area contributed by atoms with E-state index in [9.17, 15) is 4.79 Å². The number of carbonyl (C=O) groups excluding carboxylic acids is 1. The monoisotopic (exact) mass is 184 g/mol. The number of nitrogens with one attached hydrogen (secondary N) is 2. The van der Waals surface area contributed by atoms with E-state index in [2.05, 4.69) is 10.9 Å². The lowest BCUT2D eigenvalue weighted by Crippen LogP contribution is -2.52. The normalized spacial score (nSPS) is 30.8. The van der Waals surface area contributed by atoms with Crippen molar-refractivity contribution in [2.45, 2.75) is 38.2 Å². The number of hydrogen-bond acceptors (Lipinski definition) is 3. The molecule has 74 valence electrons. The Morgan fingerprint density at radius 1 is 1.23 bits per heavy atom. The van der Waals surface area contributed by atoms with Gasteiger partial charge in [0.2, 0.25) is 0 Å². The summed E-state index contributed by atoms with van der Waals surface area (Å²) in [4.78, 5) is 10.9. The summed E-state index contributed by atoms with van der Waals surface area (Å²) in [6.07, 6.45) is 6.08. The summed E-state index contributed by atoms with van der Waals surface area (Å²) in [5.74, 6) is 0.576. The van der Waals surface area contributed by atoms with Crippen LogP contribution >= 0.6 is 0 Å². The molecule has 0 aromatic rings. The van der Waals surface area contributed by atoms with Crippen LogP contribution in [0.5, 0.6) is 0 Å². The van der Waals surface area contributed by atoms with Gasteiger partial charge < -0.3 is 4.74 Å². The first kappa shape index (κ1) is 8.81. The number of rotatable bonds is 1. The molecule has 13 heavy (non-hydrogen) atoms. The molecule has 2 N–H and O–H groups in total. The summed E-state index contributed by atoms with van der Waals surface area (Å²) < 4.78 is 5.21. The molecule has 4 heteroatoms. The lowest BCUT2D eigenvalue weighted by Gasteiger charge is -2.32. The highest BCUT2D eigenvalue weighted by Gasteiger charge is 2.29. The SMILES string of the molecule is O=C1NNCC(C2CCCCC2)O1. The highest BCUT2D eigenvalue weighted by molar-refractivity contribution is 5.67.